The zero-order valence-corrected chi connectivity index (χ0v) is 21.4. The van der Waals surface area contributed by atoms with Crippen LogP contribution in [0.1, 0.15) is 49.4 Å². The summed E-state index contributed by atoms with van der Waals surface area (Å²) in [6.45, 7) is -0.400. The van der Waals surface area contributed by atoms with Crippen LogP contribution in [-0.4, -0.2) is 33.6 Å². The van der Waals surface area contributed by atoms with Crippen LogP contribution in [0.5, 0.6) is 5.75 Å². The number of carboxylic acid groups (broad SMARTS) is 1. The van der Waals surface area contributed by atoms with Gasteiger partial charge in [0.2, 0.25) is 0 Å². The highest BCUT2D eigenvalue weighted by Gasteiger charge is 2.22. The predicted octanol–water partition coefficient (Wildman–Crippen LogP) is 5.00. The SMILES string of the molecule is O=C(O)COc1c(I)cc(C=Nn2c(C3CCCCC3)nc3ccccc3c2=O)cc1I. The topological polar surface area (TPSA) is 93.8 Å². The van der Waals surface area contributed by atoms with E-state index in [2.05, 4.69) is 50.3 Å². The van der Waals surface area contributed by atoms with Crippen LogP contribution in [0.25, 0.3) is 10.9 Å². The van der Waals surface area contributed by atoms with Crippen LogP contribution < -0.4 is 10.3 Å². The molecular formula is C23H21I2N3O4. The number of rotatable bonds is 6. The number of ether oxygens (including phenoxy) is 1. The molecule has 0 spiro atoms. The summed E-state index contributed by atoms with van der Waals surface area (Å²) in [5.74, 6) is 0.430. The highest BCUT2D eigenvalue weighted by Crippen LogP contribution is 2.32. The van der Waals surface area contributed by atoms with Crippen molar-refractivity contribution in [3.63, 3.8) is 0 Å². The lowest BCUT2D eigenvalue weighted by molar-refractivity contribution is -0.139. The molecule has 1 N–H and O–H groups in total. The summed E-state index contributed by atoms with van der Waals surface area (Å²) < 4.78 is 8.38. The number of aromatic nitrogens is 2. The number of carbonyl (C=O) groups is 1. The fourth-order valence-corrected chi connectivity index (χ4v) is 6.06. The molecule has 9 heteroatoms. The molecule has 0 bridgehead atoms. The largest absolute Gasteiger partial charge is 0.480 e. The molecule has 1 aromatic heterocycles. The molecule has 0 amide bonds. The lowest BCUT2D eigenvalue weighted by Crippen LogP contribution is -2.25. The van der Waals surface area contributed by atoms with Crippen molar-refractivity contribution < 1.29 is 14.6 Å². The van der Waals surface area contributed by atoms with E-state index in [1.165, 1.54) is 11.1 Å². The van der Waals surface area contributed by atoms with Crippen LogP contribution in [-0.2, 0) is 4.79 Å². The number of fused-ring (bicyclic) bond motifs is 1. The number of nitrogens with zero attached hydrogens (tertiary/aromatic N) is 3. The van der Waals surface area contributed by atoms with Crippen molar-refractivity contribution in [2.45, 2.75) is 38.0 Å². The standard InChI is InChI=1S/C23H21I2N3O4/c24-17-10-14(11-18(25)21(17)32-13-20(29)30)12-26-28-22(15-6-2-1-3-7-15)27-19-9-5-4-8-16(19)23(28)31/h4-5,8-12,15H,1-3,6-7,13H2,(H,29,30). The minimum atomic E-state index is -1.03. The van der Waals surface area contributed by atoms with Gasteiger partial charge in [0.05, 0.1) is 24.3 Å². The second-order valence-corrected chi connectivity index (χ2v) is 10.0. The Balaban J connectivity index is 1.74. The van der Waals surface area contributed by atoms with Gasteiger partial charge in [-0.05, 0) is 87.9 Å². The number of para-hydroxylation sites is 1. The molecule has 0 radical (unpaired) electrons. The van der Waals surface area contributed by atoms with E-state index in [4.69, 9.17) is 14.8 Å². The van der Waals surface area contributed by atoms with Gasteiger partial charge in [-0.15, -0.1) is 0 Å². The van der Waals surface area contributed by atoms with E-state index in [1.807, 2.05) is 30.3 Å². The molecule has 0 saturated heterocycles. The molecule has 2 aromatic carbocycles. The van der Waals surface area contributed by atoms with Crippen LogP contribution in [0, 0.1) is 7.14 Å². The van der Waals surface area contributed by atoms with Crippen LogP contribution >= 0.6 is 45.2 Å². The van der Waals surface area contributed by atoms with E-state index >= 15 is 0 Å². The molecule has 1 saturated carbocycles. The summed E-state index contributed by atoms with van der Waals surface area (Å²) >= 11 is 4.22. The average molecular weight is 657 g/mol. The lowest BCUT2D eigenvalue weighted by Gasteiger charge is -2.22. The van der Waals surface area contributed by atoms with Crippen molar-refractivity contribution in [2.75, 3.05) is 6.61 Å². The Morgan fingerprint density at radius 1 is 1.19 bits per heavy atom. The Kier molecular flexibility index (Phi) is 7.44. The average Bonchev–Trinajstić information content (AvgIpc) is 2.78. The third-order valence-electron chi connectivity index (χ3n) is 5.43. The van der Waals surface area contributed by atoms with E-state index in [1.54, 1.807) is 12.3 Å². The van der Waals surface area contributed by atoms with Crippen LogP contribution in [0.4, 0.5) is 0 Å². The van der Waals surface area contributed by atoms with Gasteiger partial charge in [-0.25, -0.2) is 9.78 Å². The van der Waals surface area contributed by atoms with E-state index in [-0.39, 0.29) is 11.5 Å². The Hall–Kier alpha value is -2.02. The normalized spacial score (nSPS) is 14.8. The number of halogens is 2. The van der Waals surface area contributed by atoms with Gasteiger partial charge >= 0.3 is 5.97 Å². The summed E-state index contributed by atoms with van der Waals surface area (Å²) in [6.07, 6.45) is 7.13. The van der Waals surface area contributed by atoms with Crippen molar-refractivity contribution in [1.82, 2.24) is 9.66 Å². The fourth-order valence-electron chi connectivity index (χ4n) is 3.93. The van der Waals surface area contributed by atoms with Gasteiger partial charge in [0.25, 0.3) is 5.56 Å². The molecule has 1 aliphatic rings. The molecule has 166 valence electrons. The first-order chi connectivity index (χ1) is 15.4. The lowest BCUT2D eigenvalue weighted by atomic mass is 9.88. The third kappa shape index (κ3) is 5.13. The maximum atomic E-state index is 13.3. The van der Waals surface area contributed by atoms with Gasteiger partial charge in [0.15, 0.2) is 6.61 Å². The minimum absolute atomic E-state index is 0.168. The van der Waals surface area contributed by atoms with E-state index in [9.17, 15) is 9.59 Å². The summed E-state index contributed by atoms with van der Waals surface area (Å²) in [6, 6.07) is 11.1. The minimum Gasteiger partial charge on any atom is -0.480 e. The molecule has 4 rings (SSSR count). The fraction of sp³-hybridized carbons (Fsp3) is 0.304. The Morgan fingerprint density at radius 3 is 2.56 bits per heavy atom. The van der Waals surface area contributed by atoms with Crippen LogP contribution in [0.3, 0.4) is 0 Å². The van der Waals surface area contributed by atoms with Crippen molar-refractivity contribution in [3.05, 3.63) is 65.3 Å². The predicted molar refractivity (Wildman–Crippen MR) is 140 cm³/mol. The number of aliphatic carboxylic acids is 1. The smallest absolute Gasteiger partial charge is 0.341 e. The van der Waals surface area contributed by atoms with E-state index in [0.717, 1.165) is 44.2 Å². The zero-order chi connectivity index (χ0) is 22.7. The molecule has 0 aliphatic heterocycles. The molecule has 1 fully saturated rings. The van der Waals surface area contributed by atoms with Gasteiger partial charge in [-0.2, -0.15) is 9.78 Å². The van der Waals surface area contributed by atoms with Gasteiger partial charge in [0.1, 0.15) is 11.6 Å². The van der Waals surface area contributed by atoms with E-state index < -0.39 is 12.6 Å². The zero-order valence-electron chi connectivity index (χ0n) is 17.1. The number of hydrogen-bond acceptors (Lipinski definition) is 5. The first-order valence-corrected chi connectivity index (χ1v) is 12.5. The van der Waals surface area contributed by atoms with Crippen molar-refractivity contribution >= 4 is 68.3 Å². The molecular weight excluding hydrogens is 636 g/mol. The van der Waals surface area contributed by atoms with Gasteiger partial charge in [0, 0.05) is 5.92 Å². The summed E-state index contributed by atoms with van der Waals surface area (Å²) in [5, 5.41) is 14.0. The van der Waals surface area contributed by atoms with Crippen LogP contribution in [0.2, 0.25) is 0 Å². The summed E-state index contributed by atoms with van der Waals surface area (Å²) in [5.41, 5.74) is 1.32. The van der Waals surface area contributed by atoms with Crippen molar-refractivity contribution in [2.24, 2.45) is 5.10 Å². The second kappa shape index (κ2) is 10.3. The quantitative estimate of drug-likeness (QED) is 0.298. The van der Waals surface area contributed by atoms with Crippen molar-refractivity contribution in [3.8, 4) is 5.75 Å². The maximum absolute atomic E-state index is 13.3. The van der Waals surface area contributed by atoms with Gasteiger partial charge in [-0.1, -0.05) is 31.4 Å². The number of carboxylic acids is 1. The van der Waals surface area contributed by atoms with Crippen molar-refractivity contribution in [1.29, 1.82) is 0 Å². The number of benzene rings is 2. The molecule has 1 heterocycles. The Morgan fingerprint density at radius 2 is 1.88 bits per heavy atom. The second-order valence-electron chi connectivity index (χ2n) is 7.68. The first kappa shape index (κ1) is 23.1. The molecule has 0 unspecified atom stereocenters. The Labute approximate surface area is 212 Å². The first-order valence-electron chi connectivity index (χ1n) is 10.3. The third-order valence-corrected chi connectivity index (χ3v) is 7.03. The molecule has 0 atom stereocenters. The molecule has 7 nitrogen and oxygen atoms in total. The van der Waals surface area contributed by atoms with Gasteiger partial charge < -0.3 is 9.84 Å². The molecule has 3 aromatic rings. The molecule has 1 aliphatic carbocycles. The highest BCUT2D eigenvalue weighted by atomic mass is 127. The highest BCUT2D eigenvalue weighted by molar-refractivity contribution is 14.1. The maximum Gasteiger partial charge on any atom is 0.341 e. The van der Waals surface area contributed by atoms with E-state index in [0.29, 0.717) is 16.7 Å². The van der Waals surface area contributed by atoms with Gasteiger partial charge in [-0.3, -0.25) is 4.79 Å². The summed E-state index contributed by atoms with van der Waals surface area (Å²) in [7, 11) is 0. The number of hydrogen-bond donors (Lipinski definition) is 1. The monoisotopic (exact) mass is 657 g/mol. The summed E-state index contributed by atoms with van der Waals surface area (Å²) in [4.78, 5) is 28.9. The molecule has 32 heavy (non-hydrogen) atoms. The Bertz CT molecular complexity index is 1230. The van der Waals surface area contributed by atoms with Crippen LogP contribution in [0.15, 0.2) is 46.3 Å².